The first kappa shape index (κ1) is 19.8. The van der Waals surface area contributed by atoms with Gasteiger partial charge in [-0.25, -0.2) is 5.48 Å². The number of rotatable bonds is 4. The SMILES string of the molecule is CCN1CCC(C)(NC(=O)c2cc3c(cc2C)CCC(C(=O)NO)C3)CC1. The molecule has 1 aliphatic heterocycles. The number of hydrogen-bond acceptors (Lipinski definition) is 4. The van der Waals surface area contributed by atoms with Crippen molar-refractivity contribution < 1.29 is 14.8 Å². The zero-order valence-corrected chi connectivity index (χ0v) is 16.6. The maximum absolute atomic E-state index is 13.0. The van der Waals surface area contributed by atoms with Crippen molar-refractivity contribution in [3.63, 3.8) is 0 Å². The van der Waals surface area contributed by atoms with E-state index in [2.05, 4.69) is 30.1 Å². The minimum atomic E-state index is -0.345. The van der Waals surface area contributed by atoms with Crippen LogP contribution < -0.4 is 10.8 Å². The quantitative estimate of drug-likeness (QED) is 0.558. The van der Waals surface area contributed by atoms with E-state index in [9.17, 15) is 9.59 Å². The molecule has 6 heteroatoms. The fourth-order valence-electron chi connectivity index (χ4n) is 4.32. The Bertz CT molecular complexity index is 724. The molecule has 27 heavy (non-hydrogen) atoms. The van der Waals surface area contributed by atoms with Crippen molar-refractivity contribution >= 4 is 11.8 Å². The number of aryl methyl sites for hydroxylation is 2. The molecule has 3 rings (SSSR count). The first-order valence-electron chi connectivity index (χ1n) is 9.96. The van der Waals surface area contributed by atoms with E-state index >= 15 is 0 Å². The highest BCUT2D eigenvalue weighted by atomic mass is 16.5. The number of fused-ring (bicyclic) bond motifs is 1. The number of hydroxylamine groups is 1. The summed E-state index contributed by atoms with van der Waals surface area (Å²) in [6, 6.07) is 4.03. The minimum absolute atomic E-state index is 0.0310. The summed E-state index contributed by atoms with van der Waals surface area (Å²) < 4.78 is 0. The van der Waals surface area contributed by atoms with Crippen molar-refractivity contribution in [2.45, 2.75) is 58.4 Å². The molecule has 1 saturated heterocycles. The third-order valence-electron chi connectivity index (χ3n) is 6.32. The summed E-state index contributed by atoms with van der Waals surface area (Å²) in [6.45, 7) is 9.35. The van der Waals surface area contributed by atoms with Crippen molar-refractivity contribution in [3.05, 3.63) is 34.4 Å². The normalized spacial score (nSPS) is 22.0. The largest absolute Gasteiger partial charge is 0.347 e. The Morgan fingerprint density at radius 2 is 1.96 bits per heavy atom. The van der Waals surface area contributed by atoms with Crippen molar-refractivity contribution in [3.8, 4) is 0 Å². The molecule has 0 aromatic heterocycles. The van der Waals surface area contributed by atoms with Gasteiger partial charge in [-0.3, -0.25) is 14.8 Å². The fourth-order valence-corrected chi connectivity index (χ4v) is 4.32. The van der Waals surface area contributed by atoms with Crippen molar-refractivity contribution in [2.75, 3.05) is 19.6 Å². The molecule has 2 amide bonds. The van der Waals surface area contributed by atoms with Crippen LogP contribution in [-0.4, -0.2) is 47.1 Å². The lowest BCUT2D eigenvalue weighted by Crippen LogP contribution is -2.53. The highest BCUT2D eigenvalue weighted by molar-refractivity contribution is 5.96. The van der Waals surface area contributed by atoms with Gasteiger partial charge in [-0.05, 0) is 75.3 Å². The third-order valence-corrected chi connectivity index (χ3v) is 6.32. The summed E-state index contributed by atoms with van der Waals surface area (Å²) in [5.74, 6) is -0.615. The van der Waals surface area contributed by atoms with E-state index in [1.807, 2.05) is 13.0 Å². The Balaban J connectivity index is 1.75. The van der Waals surface area contributed by atoms with E-state index in [1.54, 1.807) is 5.48 Å². The summed E-state index contributed by atoms with van der Waals surface area (Å²) >= 11 is 0. The Morgan fingerprint density at radius 1 is 1.26 bits per heavy atom. The molecule has 148 valence electrons. The van der Waals surface area contributed by atoms with Crippen LogP contribution in [0.25, 0.3) is 0 Å². The zero-order valence-electron chi connectivity index (χ0n) is 16.6. The molecular weight excluding hydrogens is 342 g/mol. The number of piperidine rings is 1. The van der Waals surface area contributed by atoms with Crippen LogP contribution in [0.15, 0.2) is 12.1 Å². The number of carbonyl (C=O) groups is 2. The molecule has 1 aromatic carbocycles. The summed E-state index contributed by atoms with van der Waals surface area (Å²) in [5.41, 5.74) is 5.49. The van der Waals surface area contributed by atoms with E-state index in [-0.39, 0.29) is 23.3 Å². The number of benzene rings is 1. The first-order chi connectivity index (χ1) is 12.8. The lowest BCUT2D eigenvalue weighted by Gasteiger charge is -2.39. The van der Waals surface area contributed by atoms with Crippen molar-refractivity contribution in [2.24, 2.45) is 5.92 Å². The number of carbonyl (C=O) groups excluding carboxylic acids is 2. The minimum Gasteiger partial charge on any atom is -0.347 e. The van der Waals surface area contributed by atoms with Gasteiger partial charge in [0.15, 0.2) is 0 Å². The molecule has 1 heterocycles. The van der Waals surface area contributed by atoms with Crippen LogP contribution >= 0.6 is 0 Å². The second-order valence-corrected chi connectivity index (χ2v) is 8.30. The van der Waals surface area contributed by atoms with Gasteiger partial charge < -0.3 is 10.2 Å². The topological polar surface area (TPSA) is 81.7 Å². The first-order valence-corrected chi connectivity index (χ1v) is 9.96. The predicted octanol–water partition coefficient (Wildman–Crippen LogP) is 2.21. The van der Waals surface area contributed by atoms with Gasteiger partial charge in [0.25, 0.3) is 5.91 Å². The molecule has 0 spiro atoms. The lowest BCUT2D eigenvalue weighted by atomic mass is 9.81. The van der Waals surface area contributed by atoms with Crippen molar-refractivity contribution in [1.82, 2.24) is 15.7 Å². The van der Waals surface area contributed by atoms with E-state index in [4.69, 9.17) is 5.21 Å². The standard InChI is InChI=1S/C21H31N3O3/c1-4-24-9-7-21(3,8-10-24)22-20(26)18-13-17-12-16(19(25)23-27)6-5-15(17)11-14(18)2/h11,13,16,27H,4-10,12H2,1-3H3,(H,22,26)(H,23,25). The van der Waals surface area contributed by atoms with Crippen LogP contribution in [0.5, 0.6) is 0 Å². The van der Waals surface area contributed by atoms with Crippen LogP contribution in [-0.2, 0) is 17.6 Å². The highest BCUT2D eigenvalue weighted by Crippen LogP contribution is 2.29. The summed E-state index contributed by atoms with van der Waals surface area (Å²) in [4.78, 5) is 27.2. The van der Waals surface area contributed by atoms with Gasteiger partial charge in [0, 0.05) is 30.1 Å². The lowest BCUT2D eigenvalue weighted by molar-refractivity contribution is -0.133. The molecule has 1 fully saturated rings. The number of nitrogens with zero attached hydrogens (tertiary/aromatic N) is 1. The second kappa shape index (κ2) is 7.98. The number of amides is 2. The zero-order chi connectivity index (χ0) is 19.6. The van der Waals surface area contributed by atoms with Crippen molar-refractivity contribution in [1.29, 1.82) is 0 Å². The smallest absolute Gasteiger partial charge is 0.251 e. The van der Waals surface area contributed by atoms with E-state index in [0.29, 0.717) is 12.0 Å². The Labute approximate surface area is 161 Å². The molecule has 0 bridgehead atoms. The predicted molar refractivity (Wildman–Crippen MR) is 104 cm³/mol. The van der Waals surface area contributed by atoms with E-state index in [1.165, 1.54) is 5.56 Å². The average molecular weight is 373 g/mol. The molecule has 1 aromatic rings. The van der Waals surface area contributed by atoms with Gasteiger partial charge in [0.05, 0.1) is 0 Å². The van der Waals surface area contributed by atoms with Gasteiger partial charge >= 0.3 is 0 Å². The van der Waals surface area contributed by atoms with E-state index in [0.717, 1.165) is 56.4 Å². The summed E-state index contributed by atoms with van der Waals surface area (Å²) in [6.07, 6.45) is 3.98. The highest BCUT2D eigenvalue weighted by Gasteiger charge is 2.32. The number of likely N-dealkylation sites (tertiary alicyclic amines) is 1. The fraction of sp³-hybridized carbons (Fsp3) is 0.619. The maximum atomic E-state index is 13.0. The van der Waals surface area contributed by atoms with Crippen LogP contribution in [0.2, 0.25) is 0 Å². The van der Waals surface area contributed by atoms with Gasteiger partial charge in [-0.2, -0.15) is 0 Å². The van der Waals surface area contributed by atoms with E-state index < -0.39 is 0 Å². The molecule has 1 aliphatic carbocycles. The average Bonchev–Trinajstić information content (AvgIpc) is 2.66. The molecule has 0 saturated carbocycles. The molecule has 2 aliphatic rings. The third kappa shape index (κ3) is 4.33. The monoisotopic (exact) mass is 373 g/mol. The van der Waals surface area contributed by atoms with Gasteiger partial charge in [0.2, 0.25) is 5.91 Å². The molecule has 0 radical (unpaired) electrons. The summed E-state index contributed by atoms with van der Waals surface area (Å²) in [7, 11) is 0. The molecule has 6 nitrogen and oxygen atoms in total. The Morgan fingerprint density at radius 3 is 2.59 bits per heavy atom. The summed E-state index contributed by atoms with van der Waals surface area (Å²) in [5, 5.41) is 12.2. The number of nitrogens with one attached hydrogen (secondary N) is 2. The Hall–Kier alpha value is -1.92. The van der Waals surface area contributed by atoms with Gasteiger partial charge in [-0.1, -0.05) is 13.0 Å². The second-order valence-electron chi connectivity index (χ2n) is 8.30. The van der Waals surface area contributed by atoms with Gasteiger partial charge in [-0.15, -0.1) is 0 Å². The molecule has 1 atom stereocenters. The molecular formula is C21H31N3O3. The Kier molecular flexibility index (Phi) is 5.86. The van der Waals surface area contributed by atoms with Gasteiger partial charge in [0.1, 0.15) is 0 Å². The van der Waals surface area contributed by atoms with Crippen LogP contribution in [0.1, 0.15) is 60.2 Å². The van der Waals surface area contributed by atoms with Crippen LogP contribution in [0.4, 0.5) is 0 Å². The van der Waals surface area contributed by atoms with Crippen LogP contribution in [0.3, 0.4) is 0 Å². The van der Waals surface area contributed by atoms with Crippen LogP contribution in [0, 0.1) is 12.8 Å². The number of hydrogen-bond donors (Lipinski definition) is 3. The maximum Gasteiger partial charge on any atom is 0.251 e. The molecule has 1 unspecified atom stereocenters. The molecule has 3 N–H and O–H groups in total.